The van der Waals surface area contributed by atoms with E-state index in [1.165, 1.54) is 0 Å². The van der Waals surface area contributed by atoms with Gasteiger partial charge in [-0.05, 0) is 6.07 Å². The minimum absolute atomic E-state index is 0.905. The molecule has 0 unspecified atom stereocenters. The Morgan fingerprint density at radius 1 is 1.44 bits per heavy atom. The molecule has 0 bridgehead atoms. The van der Waals surface area contributed by atoms with Gasteiger partial charge in [0, 0.05) is 31.4 Å². The predicted molar refractivity (Wildman–Crippen MR) is 66.1 cm³/mol. The summed E-state index contributed by atoms with van der Waals surface area (Å²) in [5, 5.41) is 7.20. The number of nitrogens with zero attached hydrogens (tertiary/aromatic N) is 3. The van der Waals surface area contributed by atoms with Gasteiger partial charge in [-0.1, -0.05) is 12.7 Å². The summed E-state index contributed by atoms with van der Waals surface area (Å²) in [5.41, 5.74) is 3.93. The number of pyridine rings is 1. The fraction of sp³-hybridized carbons (Fsp3) is 0.167. The van der Waals surface area contributed by atoms with E-state index >= 15 is 0 Å². The molecule has 0 aliphatic rings. The number of aromatic nitrogens is 3. The van der Waals surface area contributed by atoms with Gasteiger partial charge in [0.15, 0.2) is 0 Å². The second-order valence-electron chi connectivity index (χ2n) is 3.51. The second kappa shape index (κ2) is 4.18. The SMILES string of the molecule is C=Cc1cc(-c2cnn(C)c2)ncc1NC. The fourth-order valence-electron chi connectivity index (χ4n) is 1.56. The molecule has 0 atom stereocenters. The first-order valence-electron chi connectivity index (χ1n) is 5.04. The van der Waals surface area contributed by atoms with E-state index in [1.807, 2.05) is 32.4 Å². The Bertz CT molecular complexity index is 513. The first-order chi connectivity index (χ1) is 7.74. The summed E-state index contributed by atoms with van der Waals surface area (Å²) in [4.78, 5) is 4.38. The molecule has 82 valence electrons. The zero-order valence-electron chi connectivity index (χ0n) is 9.44. The number of hydrogen-bond donors (Lipinski definition) is 1. The minimum atomic E-state index is 0.905. The van der Waals surface area contributed by atoms with Gasteiger partial charge in [0.05, 0.1) is 23.8 Å². The van der Waals surface area contributed by atoms with Gasteiger partial charge in [0.2, 0.25) is 0 Å². The largest absolute Gasteiger partial charge is 0.386 e. The Labute approximate surface area is 94.6 Å². The summed E-state index contributed by atoms with van der Waals surface area (Å²) in [7, 11) is 3.76. The molecule has 2 rings (SSSR count). The lowest BCUT2D eigenvalue weighted by Gasteiger charge is -2.06. The summed E-state index contributed by atoms with van der Waals surface area (Å²) < 4.78 is 1.76. The fourth-order valence-corrected chi connectivity index (χ4v) is 1.56. The third-order valence-electron chi connectivity index (χ3n) is 2.43. The molecule has 0 saturated carbocycles. The van der Waals surface area contributed by atoms with Crippen LogP contribution in [0.4, 0.5) is 5.69 Å². The Hall–Kier alpha value is -2.10. The molecule has 2 aromatic heterocycles. The molecule has 16 heavy (non-hydrogen) atoms. The van der Waals surface area contributed by atoms with Crippen LogP contribution in [0.3, 0.4) is 0 Å². The van der Waals surface area contributed by atoms with Gasteiger partial charge in [0.1, 0.15) is 0 Å². The highest BCUT2D eigenvalue weighted by Gasteiger charge is 2.05. The average Bonchev–Trinajstić information content (AvgIpc) is 2.75. The van der Waals surface area contributed by atoms with E-state index in [0.29, 0.717) is 0 Å². The van der Waals surface area contributed by atoms with E-state index in [0.717, 1.165) is 22.5 Å². The number of rotatable bonds is 3. The number of anilines is 1. The lowest BCUT2D eigenvalue weighted by atomic mass is 10.1. The molecule has 0 aliphatic carbocycles. The average molecular weight is 214 g/mol. The van der Waals surface area contributed by atoms with Gasteiger partial charge in [-0.3, -0.25) is 9.67 Å². The third-order valence-corrected chi connectivity index (χ3v) is 2.43. The van der Waals surface area contributed by atoms with Crippen molar-refractivity contribution in [3.05, 3.63) is 36.8 Å². The van der Waals surface area contributed by atoms with Gasteiger partial charge in [-0.2, -0.15) is 5.10 Å². The molecule has 0 aromatic carbocycles. The highest BCUT2D eigenvalue weighted by Crippen LogP contribution is 2.22. The molecule has 4 heteroatoms. The lowest BCUT2D eigenvalue weighted by molar-refractivity contribution is 0.768. The van der Waals surface area contributed by atoms with Crippen molar-refractivity contribution in [3.8, 4) is 11.3 Å². The molecule has 0 radical (unpaired) electrons. The maximum Gasteiger partial charge on any atom is 0.0741 e. The van der Waals surface area contributed by atoms with Crippen LogP contribution in [0.1, 0.15) is 5.56 Å². The van der Waals surface area contributed by atoms with Crippen LogP contribution in [0.5, 0.6) is 0 Å². The molecule has 0 spiro atoms. The van der Waals surface area contributed by atoms with Gasteiger partial charge in [-0.15, -0.1) is 0 Å². The highest BCUT2D eigenvalue weighted by molar-refractivity contribution is 5.70. The van der Waals surface area contributed by atoms with E-state index in [-0.39, 0.29) is 0 Å². The molecule has 2 heterocycles. The van der Waals surface area contributed by atoms with Crippen LogP contribution < -0.4 is 5.32 Å². The Morgan fingerprint density at radius 2 is 2.25 bits per heavy atom. The molecule has 4 nitrogen and oxygen atoms in total. The lowest BCUT2D eigenvalue weighted by Crippen LogP contribution is -1.94. The number of hydrogen-bond acceptors (Lipinski definition) is 3. The molecular weight excluding hydrogens is 200 g/mol. The van der Waals surface area contributed by atoms with Gasteiger partial charge >= 0.3 is 0 Å². The monoisotopic (exact) mass is 214 g/mol. The third kappa shape index (κ3) is 1.82. The van der Waals surface area contributed by atoms with Crippen molar-refractivity contribution in [2.24, 2.45) is 7.05 Å². The number of nitrogens with one attached hydrogen (secondary N) is 1. The molecular formula is C12H14N4. The van der Waals surface area contributed by atoms with Crippen LogP contribution >= 0.6 is 0 Å². The molecule has 1 N–H and O–H groups in total. The second-order valence-corrected chi connectivity index (χ2v) is 3.51. The number of aryl methyl sites for hydroxylation is 1. The van der Waals surface area contributed by atoms with Crippen LogP contribution in [0.25, 0.3) is 17.3 Å². The highest BCUT2D eigenvalue weighted by atomic mass is 15.2. The maximum absolute atomic E-state index is 4.38. The normalized spacial score (nSPS) is 10.1. The van der Waals surface area contributed by atoms with Gasteiger partial charge in [-0.25, -0.2) is 0 Å². The summed E-state index contributed by atoms with van der Waals surface area (Å²) in [6.45, 7) is 3.79. The van der Waals surface area contributed by atoms with E-state index in [1.54, 1.807) is 17.1 Å². The molecule has 0 saturated heterocycles. The van der Waals surface area contributed by atoms with Gasteiger partial charge in [0.25, 0.3) is 0 Å². The topological polar surface area (TPSA) is 42.7 Å². The Balaban J connectivity index is 2.47. The van der Waals surface area contributed by atoms with Gasteiger partial charge < -0.3 is 5.32 Å². The standard InChI is InChI=1S/C12H14N4/c1-4-9-5-11(14-7-12(9)13-2)10-6-15-16(3)8-10/h4-8,13H,1H2,2-3H3. The van der Waals surface area contributed by atoms with Crippen LogP contribution in [0.15, 0.2) is 31.2 Å². The smallest absolute Gasteiger partial charge is 0.0741 e. The van der Waals surface area contributed by atoms with Crippen molar-refractivity contribution in [1.29, 1.82) is 0 Å². The Morgan fingerprint density at radius 3 is 2.81 bits per heavy atom. The zero-order valence-corrected chi connectivity index (χ0v) is 9.44. The van der Waals surface area contributed by atoms with Crippen LogP contribution in [0.2, 0.25) is 0 Å². The molecule has 2 aromatic rings. The molecule has 0 fully saturated rings. The van der Waals surface area contributed by atoms with E-state index in [4.69, 9.17) is 0 Å². The maximum atomic E-state index is 4.38. The molecule has 0 amide bonds. The van der Waals surface area contributed by atoms with E-state index in [2.05, 4.69) is 22.0 Å². The predicted octanol–water partition coefficient (Wildman–Crippen LogP) is 2.17. The zero-order chi connectivity index (χ0) is 11.5. The molecule has 0 aliphatic heterocycles. The Kier molecular flexibility index (Phi) is 2.72. The van der Waals surface area contributed by atoms with Crippen LogP contribution in [-0.4, -0.2) is 21.8 Å². The van der Waals surface area contributed by atoms with E-state index < -0.39 is 0 Å². The van der Waals surface area contributed by atoms with Crippen molar-refractivity contribution in [2.75, 3.05) is 12.4 Å². The van der Waals surface area contributed by atoms with Crippen molar-refractivity contribution < 1.29 is 0 Å². The van der Waals surface area contributed by atoms with Crippen molar-refractivity contribution in [1.82, 2.24) is 14.8 Å². The van der Waals surface area contributed by atoms with Crippen molar-refractivity contribution >= 4 is 11.8 Å². The summed E-state index contributed by atoms with van der Waals surface area (Å²) in [6.07, 6.45) is 7.36. The van der Waals surface area contributed by atoms with Crippen molar-refractivity contribution in [2.45, 2.75) is 0 Å². The van der Waals surface area contributed by atoms with E-state index in [9.17, 15) is 0 Å². The summed E-state index contributed by atoms with van der Waals surface area (Å²) >= 11 is 0. The van der Waals surface area contributed by atoms with Crippen LogP contribution in [0, 0.1) is 0 Å². The van der Waals surface area contributed by atoms with Crippen LogP contribution in [-0.2, 0) is 7.05 Å². The van der Waals surface area contributed by atoms with Crippen molar-refractivity contribution in [3.63, 3.8) is 0 Å². The summed E-state index contributed by atoms with van der Waals surface area (Å²) in [5.74, 6) is 0. The first kappa shape index (κ1) is 10.4. The first-order valence-corrected chi connectivity index (χ1v) is 5.04. The summed E-state index contributed by atoms with van der Waals surface area (Å²) in [6, 6.07) is 2.00. The minimum Gasteiger partial charge on any atom is -0.386 e. The quantitative estimate of drug-likeness (QED) is 0.851.